The predicted molar refractivity (Wildman–Crippen MR) is 130 cm³/mol. The van der Waals surface area contributed by atoms with Crippen molar-refractivity contribution in [3.8, 4) is 0 Å². The molecule has 0 amide bonds. The maximum atomic E-state index is 12.1. The number of aliphatic hydroxyl groups is 2. The highest BCUT2D eigenvalue weighted by Crippen LogP contribution is 2.72. The third-order valence-electron chi connectivity index (χ3n) is 11.8. The van der Waals surface area contributed by atoms with E-state index in [1.807, 2.05) is 0 Å². The van der Waals surface area contributed by atoms with Crippen molar-refractivity contribution in [1.29, 1.82) is 0 Å². The average Bonchev–Trinajstić information content (AvgIpc) is 3.17. The van der Waals surface area contributed by atoms with Gasteiger partial charge in [0.2, 0.25) is 5.79 Å². The lowest BCUT2D eigenvalue weighted by Gasteiger charge is -2.59. The Hall–Kier alpha value is -0.950. The zero-order valence-electron chi connectivity index (χ0n) is 22.3. The van der Waals surface area contributed by atoms with Crippen LogP contribution in [0.2, 0.25) is 0 Å². The van der Waals surface area contributed by atoms with Gasteiger partial charge >= 0.3 is 5.97 Å². The van der Waals surface area contributed by atoms with E-state index in [2.05, 4.69) is 26.8 Å². The Morgan fingerprint density at radius 3 is 2.60 bits per heavy atom. The molecule has 11 atom stereocenters. The smallest absolute Gasteiger partial charge is 0.303 e. The number of rotatable bonds is 2. The molecule has 5 fully saturated rings. The first kappa shape index (κ1) is 24.4. The van der Waals surface area contributed by atoms with Crippen molar-refractivity contribution < 1.29 is 29.2 Å². The lowest BCUT2D eigenvalue weighted by Crippen LogP contribution is -2.64. The van der Waals surface area contributed by atoms with Crippen LogP contribution < -0.4 is 0 Å². The molecule has 35 heavy (non-hydrogen) atoms. The summed E-state index contributed by atoms with van der Waals surface area (Å²) in [5, 5.41) is 21.5. The lowest BCUT2D eigenvalue weighted by atomic mass is 9.46. The van der Waals surface area contributed by atoms with Crippen LogP contribution in [0.1, 0.15) is 92.9 Å². The summed E-state index contributed by atoms with van der Waals surface area (Å²) in [6, 6.07) is 0. The second kappa shape index (κ2) is 7.33. The molecule has 3 saturated carbocycles. The van der Waals surface area contributed by atoms with Crippen LogP contribution in [-0.2, 0) is 19.0 Å². The van der Waals surface area contributed by atoms with Gasteiger partial charge in [-0.05, 0) is 94.3 Å². The van der Waals surface area contributed by atoms with Crippen LogP contribution in [0.4, 0.5) is 0 Å². The highest BCUT2D eigenvalue weighted by molar-refractivity contribution is 5.66. The quantitative estimate of drug-likeness (QED) is 0.439. The number of fused-ring (bicyclic) bond motifs is 10. The van der Waals surface area contributed by atoms with Gasteiger partial charge in [-0.2, -0.15) is 0 Å². The maximum absolute atomic E-state index is 12.1. The molecule has 2 N–H and O–H groups in total. The first-order chi connectivity index (χ1) is 16.2. The molecule has 2 saturated heterocycles. The monoisotopic (exact) mass is 488 g/mol. The van der Waals surface area contributed by atoms with Crippen molar-refractivity contribution in [1.82, 2.24) is 0 Å². The normalized spacial score (nSPS) is 54.7. The number of hydrogen-bond donors (Lipinski definition) is 2. The second-order valence-electron chi connectivity index (χ2n) is 14.0. The second-order valence-corrected chi connectivity index (χ2v) is 14.0. The van der Waals surface area contributed by atoms with E-state index in [0.717, 1.165) is 38.5 Å². The molecule has 2 bridgehead atoms. The van der Waals surface area contributed by atoms with Crippen molar-refractivity contribution in [3.63, 3.8) is 0 Å². The van der Waals surface area contributed by atoms with E-state index < -0.39 is 23.1 Å². The van der Waals surface area contributed by atoms with Gasteiger partial charge in [0.25, 0.3) is 0 Å². The summed E-state index contributed by atoms with van der Waals surface area (Å²) in [4.78, 5) is 12.1. The molecule has 6 aliphatic rings. The van der Waals surface area contributed by atoms with Crippen LogP contribution in [0.25, 0.3) is 0 Å². The number of carbonyl (C=O) groups is 1. The summed E-state index contributed by atoms with van der Waals surface area (Å²) in [5.74, 6) is 0.336. The van der Waals surface area contributed by atoms with E-state index in [9.17, 15) is 15.0 Å². The van der Waals surface area contributed by atoms with Gasteiger partial charge in [0.1, 0.15) is 17.3 Å². The number of aliphatic hydroxyl groups excluding tert-OH is 1. The molecule has 6 heteroatoms. The van der Waals surface area contributed by atoms with Crippen molar-refractivity contribution in [2.75, 3.05) is 0 Å². The fraction of sp³-hybridized carbons (Fsp3) is 0.897. The molecule has 0 spiro atoms. The number of allylic oxidation sites excluding steroid dienone is 1. The predicted octanol–water partition coefficient (Wildman–Crippen LogP) is 4.51. The zero-order valence-corrected chi connectivity index (χ0v) is 22.3. The van der Waals surface area contributed by atoms with Crippen LogP contribution >= 0.6 is 0 Å². The molecule has 0 radical (unpaired) electrons. The summed E-state index contributed by atoms with van der Waals surface area (Å²) in [6.07, 6.45) is 9.30. The van der Waals surface area contributed by atoms with Gasteiger partial charge < -0.3 is 24.4 Å². The van der Waals surface area contributed by atoms with E-state index >= 15 is 0 Å². The minimum atomic E-state index is -1.22. The number of esters is 1. The van der Waals surface area contributed by atoms with Crippen LogP contribution in [0.3, 0.4) is 0 Å². The molecule has 0 aromatic carbocycles. The summed E-state index contributed by atoms with van der Waals surface area (Å²) in [7, 11) is 0. The van der Waals surface area contributed by atoms with E-state index in [-0.39, 0.29) is 34.9 Å². The molecule has 0 aromatic heterocycles. The molecular weight excluding hydrogens is 444 g/mol. The minimum Gasteiger partial charge on any atom is -0.459 e. The topological polar surface area (TPSA) is 85.2 Å². The molecule has 2 heterocycles. The largest absolute Gasteiger partial charge is 0.459 e. The minimum absolute atomic E-state index is 0.0188. The fourth-order valence-electron chi connectivity index (χ4n) is 10.1. The highest BCUT2D eigenvalue weighted by atomic mass is 16.8. The Morgan fingerprint density at radius 2 is 1.91 bits per heavy atom. The van der Waals surface area contributed by atoms with Gasteiger partial charge in [0, 0.05) is 19.3 Å². The molecule has 4 aliphatic carbocycles. The van der Waals surface area contributed by atoms with Crippen molar-refractivity contribution in [2.24, 2.45) is 34.5 Å². The Morgan fingerprint density at radius 1 is 1.17 bits per heavy atom. The highest BCUT2D eigenvalue weighted by Gasteiger charge is 2.76. The summed E-state index contributed by atoms with van der Waals surface area (Å²) >= 11 is 0. The summed E-state index contributed by atoms with van der Waals surface area (Å²) in [6.45, 7) is 11.9. The molecule has 6 rings (SSSR count). The van der Waals surface area contributed by atoms with Crippen molar-refractivity contribution in [2.45, 2.75) is 128 Å². The molecule has 196 valence electrons. The summed E-state index contributed by atoms with van der Waals surface area (Å²) < 4.78 is 19.4. The first-order valence-electron chi connectivity index (χ1n) is 13.9. The maximum Gasteiger partial charge on any atom is 0.303 e. The molecular formula is C29H44O6. The van der Waals surface area contributed by atoms with Crippen molar-refractivity contribution >= 4 is 5.97 Å². The zero-order chi connectivity index (χ0) is 25.2. The van der Waals surface area contributed by atoms with Crippen LogP contribution in [-0.4, -0.2) is 51.5 Å². The third-order valence-corrected chi connectivity index (χ3v) is 11.8. The molecule has 2 aliphatic heterocycles. The molecule has 0 aromatic rings. The summed E-state index contributed by atoms with van der Waals surface area (Å²) in [5.41, 5.74) is -0.223. The van der Waals surface area contributed by atoms with Gasteiger partial charge in [-0.3, -0.25) is 4.79 Å². The van der Waals surface area contributed by atoms with E-state index in [0.29, 0.717) is 24.2 Å². The molecule has 11 unspecified atom stereocenters. The first-order valence-corrected chi connectivity index (χ1v) is 13.9. The standard InChI is InChI=1S/C29H44O6/c1-16(30)33-23-15-29(25(2,3)32)34-22-14-21-19-8-7-17-13-18(31)9-11-26(17,4)20(19)10-12-27(21,5)24(22)28(23,6)35-29/h7,18-24,31-32H,8-15H2,1-6H3. The van der Waals surface area contributed by atoms with Gasteiger partial charge in [-0.1, -0.05) is 25.5 Å². The molecule has 6 nitrogen and oxygen atoms in total. The SMILES string of the molecule is CC(=O)OC1CC2(C(C)(C)O)OC3CC4C5CC=C6CC(O)CCC6(C)C5CCC4(C)C3C1(C)O2. The van der Waals surface area contributed by atoms with E-state index in [4.69, 9.17) is 14.2 Å². The van der Waals surface area contributed by atoms with Crippen LogP contribution in [0, 0.1) is 34.5 Å². The van der Waals surface area contributed by atoms with E-state index in [1.54, 1.807) is 13.8 Å². The van der Waals surface area contributed by atoms with Gasteiger partial charge in [0.15, 0.2) is 0 Å². The Bertz CT molecular complexity index is 953. The van der Waals surface area contributed by atoms with Crippen LogP contribution in [0.15, 0.2) is 11.6 Å². The van der Waals surface area contributed by atoms with Crippen LogP contribution in [0.5, 0.6) is 0 Å². The van der Waals surface area contributed by atoms with Gasteiger partial charge in [-0.15, -0.1) is 0 Å². The van der Waals surface area contributed by atoms with Crippen molar-refractivity contribution in [3.05, 3.63) is 11.6 Å². The van der Waals surface area contributed by atoms with E-state index in [1.165, 1.54) is 18.9 Å². The Balaban J connectivity index is 1.38. The lowest BCUT2D eigenvalue weighted by molar-refractivity contribution is -0.384. The Kier molecular flexibility index (Phi) is 5.11. The van der Waals surface area contributed by atoms with Gasteiger partial charge in [0.05, 0.1) is 12.2 Å². The average molecular weight is 489 g/mol. The number of hydrogen-bond acceptors (Lipinski definition) is 6. The third kappa shape index (κ3) is 3.12. The van der Waals surface area contributed by atoms with Gasteiger partial charge in [-0.25, -0.2) is 0 Å². The fourth-order valence-corrected chi connectivity index (χ4v) is 10.1. The Labute approximate surface area is 209 Å². The number of carbonyl (C=O) groups excluding carboxylic acids is 1. The number of ether oxygens (including phenoxy) is 3.